The van der Waals surface area contributed by atoms with E-state index in [0.29, 0.717) is 6.54 Å². The number of benzene rings is 1. The molecule has 5 heteroatoms. The molecule has 1 aromatic carbocycles. The van der Waals surface area contributed by atoms with Crippen LogP contribution >= 0.6 is 22.6 Å². The van der Waals surface area contributed by atoms with E-state index in [1.807, 2.05) is 44.2 Å². The molecule has 4 nitrogen and oxygen atoms in total. The van der Waals surface area contributed by atoms with Crippen molar-refractivity contribution >= 4 is 28.5 Å². The Morgan fingerprint density at radius 2 is 2.10 bits per heavy atom. The van der Waals surface area contributed by atoms with E-state index < -0.39 is 0 Å². The maximum Gasteiger partial charge on any atom is 0.246 e. The fourth-order valence-corrected chi connectivity index (χ4v) is 1.96. The van der Waals surface area contributed by atoms with Crippen LogP contribution in [0.4, 0.5) is 0 Å². The predicted molar refractivity (Wildman–Crippen MR) is 94.6 cm³/mol. The molecule has 21 heavy (non-hydrogen) atoms. The van der Waals surface area contributed by atoms with E-state index in [1.165, 1.54) is 3.57 Å². The Balaban J connectivity index is 2.21. The normalized spacial score (nSPS) is 12.4. The number of halogens is 1. The van der Waals surface area contributed by atoms with E-state index >= 15 is 0 Å². The lowest BCUT2D eigenvalue weighted by molar-refractivity contribution is -0.124. The van der Waals surface area contributed by atoms with Gasteiger partial charge in [0.25, 0.3) is 0 Å². The highest BCUT2D eigenvalue weighted by Gasteiger charge is 2.03. The standard InChI is InChI=1S/C16H23IN2O2/c1-4-19(3)16(20)6-5-11-18-12-13(2)21-15-9-7-14(17)8-10-15/h5-10,13,18H,4,11-12H2,1-3H3/b6-5+. The van der Waals surface area contributed by atoms with Crippen LogP contribution in [0, 0.1) is 3.57 Å². The van der Waals surface area contributed by atoms with Gasteiger partial charge in [0.2, 0.25) is 5.91 Å². The van der Waals surface area contributed by atoms with Crippen LogP contribution in [0.5, 0.6) is 5.75 Å². The van der Waals surface area contributed by atoms with Crippen LogP contribution < -0.4 is 10.1 Å². The van der Waals surface area contributed by atoms with Crippen molar-refractivity contribution in [1.29, 1.82) is 0 Å². The molecule has 0 aliphatic heterocycles. The maximum atomic E-state index is 11.5. The number of nitrogens with zero attached hydrogens (tertiary/aromatic N) is 1. The topological polar surface area (TPSA) is 41.6 Å². The lowest BCUT2D eigenvalue weighted by atomic mass is 10.3. The molecule has 1 amide bonds. The van der Waals surface area contributed by atoms with Gasteiger partial charge in [-0.3, -0.25) is 4.79 Å². The van der Waals surface area contributed by atoms with Crippen molar-refractivity contribution in [3.8, 4) is 5.75 Å². The van der Waals surface area contributed by atoms with Crippen molar-refractivity contribution in [3.63, 3.8) is 0 Å². The van der Waals surface area contributed by atoms with Gasteiger partial charge < -0.3 is 15.0 Å². The van der Waals surface area contributed by atoms with Crippen molar-refractivity contribution in [1.82, 2.24) is 10.2 Å². The molecule has 0 aliphatic carbocycles. The molecule has 0 radical (unpaired) electrons. The van der Waals surface area contributed by atoms with E-state index in [-0.39, 0.29) is 12.0 Å². The van der Waals surface area contributed by atoms with Crippen LogP contribution in [0.15, 0.2) is 36.4 Å². The molecule has 0 saturated heterocycles. The molecule has 0 fully saturated rings. The Morgan fingerprint density at radius 3 is 2.71 bits per heavy atom. The molecule has 1 rings (SSSR count). The molecule has 1 unspecified atom stereocenters. The summed E-state index contributed by atoms with van der Waals surface area (Å²) in [7, 11) is 1.79. The highest BCUT2D eigenvalue weighted by atomic mass is 127. The zero-order chi connectivity index (χ0) is 15.7. The SMILES string of the molecule is CCN(C)C(=O)/C=C/CNCC(C)Oc1ccc(I)cc1. The van der Waals surface area contributed by atoms with Crippen LogP contribution in [-0.2, 0) is 4.79 Å². The molecule has 0 aromatic heterocycles. The first-order valence-corrected chi connectivity index (χ1v) is 8.15. The smallest absolute Gasteiger partial charge is 0.246 e. The largest absolute Gasteiger partial charge is 0.489 e. The highest BCUT2D eigenvalue weighted by molar-refractivity contribution is 14.1. The van der Waals surface area contributed by atoms with Gasteiger partial charge in [-0.2, -0.15) is 0 Å². The number of amides is 1. The first kappa shape index (κ1) is 18.0. The number of nitrogens with one attached hydrogen (secondary N) is 1. The van der Waals surface area contributed by atoms with Gasteiger partial charge in [0.05, 0.1) is 0 Å². The maximum absolute atomic E-state index is 11.5. The van der Waals surface area contributed by atoms with Gasteiger partial charge in [0.15, 0.2) is 0 Å². The minimum absolute atomic E-state index is 0.0301. The minimum Gasteiger partial charge on any atom is -0.489 e. The van der Waals surface area contributed by atoms with E-state index in [9.17, 15) is 4.79 Å². The Morgan fingerprint density at radius 1 is 1.43 bits per heavy atom. The number of carbonyl (C=O) groups is 1. The quantitative estimate of drug-likeness (QED) is 0.413. The van der Waals surface area contributed by atoms with E-state index in [0.717, 1.165) is 18.8 Å². The van der Waals surface area contributed by atoms with E-state index in [2.05, 4.69) is 27.9 Å². The summed E-state index contributed by atoms with van der Waals surface area (Å²) in [5, 5.41) is 3.25. The summed E-state index contributed by atoms with van der Waals surface area (Å²) in [6, 6.07) is 7.98. The van der Waals surface area contributed by atoms with Crippen molar-refractivity contribution in [2.24, 2.45) is 0 Å². The lowest BCUT2D eigenvalue weighted by Crippen LogP contribution is -2.29. The molecule has 0 spiro atoms. The van der Waals surface area contributed by atoms with Gasteiger partial charge in [-0.25, -0.2) is 0 Å². The second-order valence-corrected chi connectivity index (χ2v) is 6.04. The number of hydrogen-bond donors (Lipinski definition) is 1. The van der Waals surface area contributed by atoms with Gasteiger partial charge in [0.1, 0.15) is 11.9 Å². The Labute approximate surface area is 140 Å². The predicted octanol–water partition coefficient (Wildman–Crippen LogP) is 2.68. The third-order valence-corrected chi connectivity index (χ3v) is 3.68. The summed E-state index contributed by atoms with van der Waals surface area (Å²) in [6.07, 6.45) is 3.51. The fourth-order valence-electron chi connectivity index (χ4n) is 1.60. The van der Waals surface area contributed by atoms with Crippen LogP contribution in [0.3, 0.4) is 0 Å². The summed E-state index contributed by atoms with van der Waals surface area (Å²) in [6.45, 7) is 6.08. The first-order chi connectivity index (χ1) is 10.0. The zero-order valence-corrected chi connectivity index (χ0v) is 15.0. The second kappa shape index (κ2) is 9.78. The van der Waals surface area contributed by atoms with Crippen molar-refractivity contribution in [3.05, 3.63) is 40.0 Å². The van der Waals surface area contributed by atoms with E-state index in [1.54, 1.807) is 18.0 Å². The molecule has 1 aromatic rings. The van der Waals surface area contributed by atoms with E-state index in [4.69, 9.17) is 4.74 Å². The van der Waals surface area contributed by atoms with Gasteiger partial charge in [-0.15, -0.1) is 0 Å². The van der Waals surface area contributed by atoms with Crippen molar-refractivity contribution in [2.45, 2.75) is 20.0 Å². The molecule has 0 bridgehead atoms. The Hall–Kier alpha value is -1.08. The number of carbonyl (C=O) groups excluding carboxylic acids is 1. The number of rotatable bonds is 8. The first-order valence-electron chi connectivity index (χ1n) is 7.07. The lowest BCUT2D eigenvalue weighted by Gasteiger charge is -2.15. The zero-order valence-electron chi connectivity index (χ0n) is 12.8. The summed E-state index contributed by atoms with van der Waals surface area (Å²) >= 11 is 2.27. The molecule has 1 N–H and O–H groups in total. The molecule has 0 aliphatic rings. The van der Waals surface area contributed by atoms with Gasteiger partial charge in [-0.1, -0.05) is 6.08 Å². The highest BCUT2D eigenvalue weighted by Crippen LogP contribution is 2.14. The summed E-state index contributed by atoms with van der Waals surface area (Å²) in [5.41, 5.74) is 0. The molecule has 0 saturated carbocycles. The second-order valence-electron chi connectivity index (χ2n) is 4.80. The third-order valence-electron chi connectivity index (χ3n) is 2.96. The summed E-state index contributed by atoms with van der Waals surface area (Å²) < 4.78 is 6.98. The minimum atomic E-state index is 0.0301. The van der Waals surface area contributed by atoms with Gasteiger partial charge in [0, 0.05) is 36.3 Å². The molecular formula is C16H23IN2O2. The molecule has 116 valence electrons. The van der Waals surface area contributed by atoms with Crippen molar-refractivity contribution < 1.29 is 9.53 Å². The third kappa shape index (κ3) is 7.47. The van der Waals surface area contributed by atoms with Crippen molar-refractivity contribution in [2.75, 3.05) is 26.7 Å². The van der Waals surface area contributed by atoms with Crippen LogP contribution in [-0.4, -0.2) is 43.6 Å². The molecule has 0 heterocycles. The molecule has 1 atom stereocenters. The Bertz CT molecular complexity index is 460. The van der Waals surface area contributed by atoms with Crippen LogP contribution in [0.2, 0.25) is 0 Å². The number of hydrogen-bond acceptors (Lipinski definition) is 3. The van der Waals surface area contributed by atoms with Gasteiger partial charge in [-0.05, 0) is 60.7 Å². The average molecular weight is 402 g/mol. The Kier molecular flexibility index (Phi) is 8.37. The van der Waals surface area contributed by atoms with Gasteiger partial charge >= 0.3 is 0 Å². The number of likely N-dealkylation sites (N-methyl/N-ethyl adjacent to an activating group) is 1. The number of ether oxygens (including phenoxy) is 1. The summed E-state index contributed by atoms with van der Waals surface area (Å²) in [4.78, 5) is 13.2. The van der Waals surface area contributed by atoms with Crippen LogP contribution in [0.25, 0.3) is 0 Å². The monoisotopic (exact) mass is 402 g/mol. The molecular weight excluding hydrogens is 379 g/mol. The van der Waals surface area contributed by atoms with Crippen LogP contribution in [0.1, 0.15) is 13.8 Å². The summed E-state index contributed by atoms with van der Waals surface area (Å²) in [5.74, 6) is 0.905. The fraction of sp³-hybridized carbons (Fsp3) is 0.438. The average Bonchev–Trinajstić information content (AvgIpc) is 2.48.